The van der Waals surface area contributed by atoms with Crippen LogP contribution in [0.2, 0.25) is 0 Å². The summed E-state index contributed by atoms with van der Waals surface area (Å²) in [7, 11) is 1.70. The van der Waals surface area contributed by atoms with Crippen molar-refractivity contribution in [2.24, 2.45) is 5.92 Å². The number of methoxy groups -OCH3 is 1. The van der Waals surface area contributed by atoms with Crippen LogP contribution in [0.4, 0.5) is 0 Å². The third kappa shape index (κ3) is 8.06. The number of carbonyl (C=O) groups is 2. The molecule has 3 unspecified atom stereocenters. The molecule has 8 heteroatoms. The Bertz CT molecular complexity index is 735. The number of epoxide rings is 2. The van der Waals surface area contributed by atoms with Gasteiger partial charge < -0.3 is 31.2 Å². The van der Waals surface area contributed by atoms with Crippen LogP contribution < -0.4 is 5.32 Å². The van der Waals surface area contributed by atoms with E-state index in [2.05, 4.69) is 39.1 Å². The van der Waals surface area contributed by atoms with Crippen LogP contribution in [-0.4, -0.2) is 61.7 Å². The van der Waals surface area contributed by atoms with E-state index in [-0.39, 0.29) is 72.3 Å². The molecule has 1 spiro atoms. The molecule has 1 saturated carbocycles. The molecule has 3 aliphatic rings. The Kier molecular flexibility index (Phi) is 11.8. The van der Waals surface area contributed by atoms with E-state index in [1.54, 1.807) is 7.11 Å². The molecule has 1 amide bonds. The summed E-state index contributed by atoms with van der Waals surface area (Å²) in [5.41, 5.74) is 0.765. The first-order valence-corrected chi connectivity index (χ1v) is 13.0. The number of esters is 1. The Morgan fingerprint density at radius 2 is 1.86 bits per heavy atom. The Morgan fingerprint density at radius 3 is 2.49 bits per heavy atom. The van der Waals surface area contributed by atoms with E-state index >= 15 is 0 Å². The van der Waals surface area contributed by atoms with Gasteiger partial charge in [-0.3, -0.25) is 9.59 Å². The maximum atomic E-state index is 12.6. The molecule has 2 aliphatic heterocycles. The normalized spacial score (nSPS) is 32.9. The number of amides is 1. The predicted octanol–water partition coefficient (Wildman–Crippen LogP) is 4.28. The van der Waals surface area contributed by atoms with Crippen LogP contribution in [0.25, 0.3) is 0 Å². The van der Waals surface area contributed by atoms with Gasteiger partial charge in [0.25, 0.3) is 0 Å². The smallest absolute Gasteiger partial charge is 0.306 e. The molecule has 0 aromatic heterocycles. The van der Waals surface area contributed by atoms with Crippen LogP contribution >= 0.6 is 0 Å². The number of carbonyl (C=O) groups excluding carboxylic acids is 2. The third-order valence-corrected chi connectivity index (χ3v) is 7.63. The van der Waals surface area contributed by atoms with Crippen molar-refractivity contribution < 1.29 is 47.1 Å². The van der Waals surface area contributed by atoms with Crippen molar-refractivity contribution in [3.8, 4) is 0 Å². The third-order valence-electron chi connectivity index (χ3n) is 7.63. The van der Waals surface area contributed by atoms with Gasteiger partial charge in [0.15, 0.2) is 5.91 Å². The van der Waals surface area contributed by atoms with Gasteiger partial charge in [-0.05, 0) is 52.9 Å². The standard InChI is InChI=1S/C27H44NO6.V/c1-6-22(29)28-17-11-9-7-8-10-12-23(30)33-20-15-16-27(18-32-27)25(24(20)31-5)26(4)21(34-26)14-13-19(2)3;/h13,20-21,24-25H,1,6-12,14-18H2,2-5H3,(H,28,29);/q-1;/t20?,21-,24?,25?,26+,27+;/m1./s1. The average Bonchev–Trinajstić information content (AvgIpc) is 3.72. The minimum Gasteiger partial charge on any atom is -0.460 e. The number of hydrogen-bond donors (Lipinski definition) is 1. The summed E-state index contributed by atoms with van der Waals surface area (Å²) in [6, 6.07) is 0. The van der Waals surface area contributed by atoms with Crippen LogP contribution in [0, 0.1) is 12.8 Å². The largest absolute Gasteiger partial charge is 0.460 e. The molecule has 0 bridgehead atoms. The van der Waals surface area contributed by atoms with Crippen molar-refractivity contribution in [2.75, 3.05) is 20.3 Å². The van der Waals surface area contributed by atoms with Gasteiger partial charge in [0.1, 0.15) is 23.4 Å². The maximum Gasteiger partial charge on any atom is 0.306 e. The van der Waals surface area contributed by atoms with Crippen molar-refractivity contribution in [1.29, 1.82) is 0 Å². The van der Waals surface area contributed by atoms with E-state index < -0.39 is 0 Å². The number of unbranched alkanes of at least 4 members (excludes halogenated alkanes) is 4. The van der Waals surface area contributed by atoms with E-state index in [1.807, 2.05) is 0 Å². The molecule has 1 aliphatic carbocycles. The quantitative estimate of drug-likeness (QED) is 0.119. The SMILES string of the molecule is [CH2-]CC(=O)NCCCCCCCC(=O)OC1CC[C@]2(CO2)C([C@@]2(C)O[C@@H]2CC=C(C)C)C1OC.[V]. The van der Waals surface area contributed by atoms with Crippen molar-refractivity contribution >= 4 is 11.9 Å². The summed E-state index contributed by atoms with van der Waals surface area (Å²) in [6.07, 6.45) is 9.92. The molecule has 1 radical (unpaired) electrons. The predicted molar refractivity (Wildman–Crippen MR) is 130 cm³/mol. The van der Waals surface area contributed by atoms with Crippen LogP contribution in [0.15, 0.2) is 11.6 Å². The zero-order valence-corrected chi connectivity index (χ0v) is 23.4. The molecule has 3 rings (SSSR count). The van der Waals surface area contributed by atoms with Gasteiger partial charge in [-0.1, -0.05) is 30.9 Å². The molecule has 0 aromatic rings. The van der Waals surface area contributed by atoms with Crippen LogP contribution in [0.5, 0.6) is 0 Å². The van der Waals surface area contributed by atoms with Gasteiger partial charge in [0.2, 0.25) is 0 Å². The fourth-order valence-corrected chi connectivity index (χ4v) is 5.54. The molecule has 7 nitrogen and oxygen atoms in total. The van der Waals surface area contributed by atoms with Crippen LogP contribution in [0.3, 0.4) is 0 Å². The van der Waals surface area contributed by atoms with Gasteiger partial charge in [-0.15, -0.1) is 6.42 Å². The van der Waals surface area contributed by atoms with E-state index in [1.165, 1.54) is 5.57 Å². The summed E-state index contributed by atoms with van der Waals surface area (Å²) in [5.74, 6) is -0.105. The summed E-state index contributed by atoms with van der Waals surface area (Å²) >= 11 is 0. The first-order chi connectivity index (χ1) is 16.3. The van der Waals surface area contributed by atoms with Crippen molar-refractivity contribution in [2.45, 2.75) is 114 Å². The second-order valence-electron chi connectivity index (χ2n) is 10.5. The molecule has 1 N–H and O–H groups in total. The van der Waals surface area contributed by atoms with E-state index in [4.69, 9.17) is 18.9 Å². The second-order valence-corrected chi connectivity index (χ2v) is 10.5. The molecule has 6 atom stereocenters. The number of hydrogen-bond acceptors (Lipinski definition) is 6. The summed E-state index contributed by atoms with van der Waals surface area (Å²) < 4.78 is 24.1. The first kappa shape index (κ1) is 30.4. The molecule has 2 saturated heterocycles. The Labute approximate surface area is 223 Å². The zero-order valence-electron chi connectivity index (χ0n) is 22.0. The van der Waals surface area contributed by atoms with Gasteiger partial charge in [0, 0.05) is 38.6 Å². The number of nitrogens with one attached hydrogen (secondary N) is 1. The summed E-state index contributed by atoms with van der Waals surface area (Å²) in [6.45, 7) is 11.3. The number of allylic oxidation sites excluding steroid dienone is 1. The molecular weight excluding hydrogens is 485 g/mol. The molecular formula is C27H44NO6V-. The molecule has 3 fully saturated rings. The van der Waals surface area contributed by atoms with Crippen LogP contribution in [0.1, 0.15) is 85.0 Å². The van der Waals surface area contributed by atoms with Crippen molar-refractivity contribution in [3.05, 3.63) is 18.6 Å². The summed E-state index contributed by atoms with van der Waals surface area (Å²) in [5, 5.41) is 2.83. The Balaban J connectivity index is 0.00000432. The van der Waals surface area contributed by atoms with Gasteiger partial charge in [-0.2, -0.15) is 0 Å². The van der Waals surface area contributed by atoms with E-state index in [0.29, 0.717) is 13.0 Å². The average molecular weight is 530 g/mol. The van der Waals surface area contributed by atoms with E-state index in [9.17, 15) is 9.59 Å². The number of ether oxygens (including phenoxy) is 4. The van der Waals surface area contributed by atoms with Crippen molar-refractivity contribution in [1.82, 2.24) is 5.32 Å². The van der Waals surface area contributed by atoms with Crippen molar-refractivity contribution in [3.63, 3.8) is 0 Å². The number of rotatable bonds is 14. The topological polar surface area (TPSA) is 89.7 Å². The monoisotopic (exact) mass is 529 g/mol. The van der Waals surface area contributed by atoms with Crippen LogP contribution in [-0.2, 0) is 47.1 Å². The maximum absolute atomic E-state index is 12.6. The first-order valence-electron chi connectivity index (χ1n) is 13.0. The minimum atomic E-state index is -0.318. The fourth-order valence-electron chi connectivity index (χ4n) is 5.54. The molecule has 35 heavy (non-hydrogen) atoms. The molecule has 0 aromatic carbocycles. The van der Waals surface area contributed by atoms with E-state index in [0.717, 1.165) is 58.0 Å². The fraction of sp³-hybridized carbons (Fsp3) is 0.815. The molecule has 199 valence electrons. The second kappa shape index (κ2) is 13.6. The molecule has 2 heterocycles. The van der Waals surface area contributed by atoms with Gasteiger partial charge in [-0.25, -0.2) is 0 Å². The van der Waals surface area contributed by atoms with Gasteiger partial charge >= 0.3 is 5.97 Å². The summed E-state index contributed by atoms with van der Waals surface area (Å²) in [4.78, 5) is 23.8. The van der Waals surface area contributed by atoms with Gasteiger partial charge in [0.05, 0.1) is 18.6 Å². The minimum absolute atomic E-state index is 0. The Hall–Kier alpha value is -0.856. The zero-order chi connectivity index (χ0) is 24.8. The Morgan fingerprint density at radius 1 is 1.17 bits per heavy atom.